The molecule has 0 aromatic carbocycles. The highest BCUT2D eigenvalue weighted by molar-refractivity contribution is 5.84. The molecule has 2 rings (SSSR count). The minimum Gasteiger partial charge on any atom is -0.343 e. The lowest BCUT2D eigenvalue weighted by molar-refractivity contribution is -0.116. The van der Waals surface area contributed by atoms with Gasteiger partial charge in [0.2, 0.25) is 0 Å². The van der Waals surface area contributed by atoms with Gasteiger partial charge in [-0.3, -0.25) is 4.79 Å². The van der Waals surface area contributed by atoms with E-state index in [1.807, 2.05) is 6.07 Å². The molecule has 0 saturated carbocycles. The van der Waals surface area contributed by atoms with Crippen LogP contribution in [-0.4, -0.2) is 20.7 Å². The first kappa shape index (κ1) is 7.91. The van der Waals surface area contributed by atoms with Crippen molar-refractivity contribution < 1.29 is 4.79 Å². The summed E-state index contributed by atoms with van der Waals surface area (Å²) in [4.78, 5) is 22.0. The van der Waals surface area contributed by atoms with Crippen molar-refractivity contribution in [3.05, 3.63) is 24.2 Å². The molecule has 1 N–H and O–H groups in total. The fraction of sp³-hybridized carbons (Fsp3) is 0.222. The van der Waals surface area contributed by atoms with E-state index in [9.17, 15) is 4.79 Å². The number of rotatable bonds is 2. The zero-order valence-corrected chi connectivity index (χ0v) is 7.24. The standard InChI is InChI=1S/C9H9N3O/c1-6(13)4-7-2-3-10-9-8(7)11-5-12-9/h2-3,5H,4H2,1H3,(H,10,11,12). The maximum atomic E-state index is 10.9. The van der Waals surface area contributed by atoms with Crippen LogP contribution in [-0.2, 0) is 11.2 Å². The van der Waals surface area contributed by atoms with Gasteiger partial charge in [0.1, 0.15) is 5.78 Å². The molecule has 0 radical (unpaired) electrons. The van der Waals surface area contributed by atoms with Crippen LogP contribution in [0.5, 0.6) is 0 Å². The van der Waals surface area contributed by atoms with E-state index < -0.39 is 0 Å². The zero-order chi connectivity index (χ0) is 9.26. The van der Waals surface area contributed by atoms with Gasteiger partial charge in [-0.25, -0.2) is 9.97 Å². The van der Waals surface area contributed by atoms with Gasteiger partial charge in [-0.1, -0.05) is 0 Å². The minimum absolute atomic E-state index is 0.141. The number of ketones is 1. The summed E-state index contributed by atoms with van der Waals surface area (Å²) in [5.74, 6) is 0.141. The summed E-state index contributed by atoms with van der Waals surface area (Å²) in [6.45, 7) is 1.57. The third-order valence-corrected chi connectivity index (χ3v) is 1.85. The van der Waals surface area contributed by atoms with Crippen molar-refractivity contribution in [3.8, 4) is 0 Å². The minimum atomic E-state index is 0.141. The molecule has 0 amide bonds. The summed E-state index contributed by atoms with van der Waals surface area (Å²) < 4.78 is 0. The second-order valence-corrected chi connectivity index (χ2v) is 2.95. The number of Topliss-reactive ketones (excluding diaryl/α,β-unsaturated/α-hetero) is 1. The maximum absolute atomic E-state index is 10.9. The normalized spacial score (nSPS) is 10.5. The fourth-order valence-corrected chi connectivity index (χ4v) is 1.32. The van der Waals surface area contributed by atoms with E-state index in [1.165, 1.54) is 0 Å². The van der Waals surface area contributed by atoms with Gasteiger partial charge >= 0.3 is 0 Å². The van der Waals surface area contributed by atoms with Crippen LogP contribution in [0.1, 0.15) is 12.5 Å². The second-order valence-electron chi connectivity index (χ2n) is 2.95. The fourth-order valence-electron chi connectivity index (χ4n) is 1.32. The van der Waals surface area contributed by atoms with Gasteiger partial charge in [-0.15, -0.1) is 0 Å². The van der Waals surface area contributed by atoms with Crippen molar-refractivity contribution >= 4 is 16.9 Å². The molecule has 4 heteroatoms. The lowest BCUT2D eigenvalue weighted by Gasteiger charge is -1.97. The molecular weight excluding hydrogens is 166 g/mol. The van der Waals surface area contributed by atoms with Gasteiger partial charge in [0, 0.05) is 12.6 Å². The van der Waals surface area contributed by atoms with E-state index in [0.29, 0.717) is 12.1 Å². The first-order chi connectivity index (χ1) is 6.27. The van der Waals surface area contributed by atoms with Gasteiger partial charge < -0.3 is 4.98 Å². The van der Waals surface area contributed by atoms with Crippen LogP contribution < -0.4 is 0 Å². The Morgan fingerprint density at radius 3 is 3.15 bits per heavy atom. The van der Waals surface area contributed by atoms with Crippen LogP contribution in [0.15, 0.2) is 18.6 Å². The molecule has 0 fully saturated rings. The van der Waals surface area contributed by atoms with E-state index >= 15 is 0 Å². The number of hydrogen-bond donors (Lipinski definition) is 1. The molecular formula is C9H9N3O. The monoisotopic (exact) mass is 175 g/mol. The first-order valence-corrected chi connectivity index (χ1v) is 4.04. The quantitative estimate of drug-likeness (QED) is 0.743. The Bertz CT molecular complexity index is 447. The first-order valence-electron chi connectivity index (χ1n) is 4.04. The largest absolute Gasteiger partial charge is 0.343 e. The number of aromatic nitrogens is 3. The van der Waals surface area contributed by atoms with Crippen LogP contribution >= 0.6 is 0 Å². The predicted octanol–water partition coefficient (Wildman–Crippen LogP) is 1.09. The van der Waals surface area contributed by atoms with Gasteiger partial charge in [-0.2, -0.15) is 0 Å². The average molecular weight is 175 g/mol. The summed E-state index contributed by atoms with van der Waals surface area (Å²) in [5.41, 5.74) is 2.48. The van der Waals surface area contributed by atoms with Crippen LogP contribution in [0.2, 0.25) is 0 Å². The third-order valence-electron chi connectivity index (χ3n) is 1.85. The predicted molar refractivity (Wildman–Crippen MR) is 48.3 cm³/mol. The number of imidazole rings is 1. The Balaban J connectivity index is 2.54. The summed E-state index contributed by atoms with van der Waals surface area (Å²) in [6, 6.07) is 1.84. The number of nitrogens with one attached hydrogen (secondary N) is 1. The number of carbonyl (C=O) groups excluding carboxylic acids is 1. The van der Waals surface area contributed by atoms with Crippen molar-refractivity contribution in [2.75, 3.05) is 0 Å². The molecule has 0 bridgehead atoms. The van der Waals surface area contributed by atoms with Crippen LogP contribution in [0.25, 0.3) is 11.2 Å². The Hall–Kier alpha value is -1.71. The van der Waals surface area contributed by atoms with Crippen LogP contribution in [0.3, 0.4) is 0 Å². The van der Waals surface area contributed by atoms with Gasteiger partial charge in [0.15, 0.2) is 5.65 Å². The molecule has 2 aromatic rings. The average Bonchev–Trinajstić information content (AvgIpc) is 2.51. The van der Waals surface area contributed by atoms with Crippen LogP contribution in [0.4, 0.5) is 0 Å². The highest BCUT2D eigenvalue weighted by atomic mass is 16.1. The van der Waals surface area contributed by atoms with E-state index in [4.69, 9.17) is 0 Å². The molecule has 4 nitrogen and oxygen atoms in total. The van der Waals surface area contributed by atoms with Crippen molar-refractivity contribution in [2.24, 2.45) is 0 Å². The molecule has 0 aliphatic heterocycles. The van der Waals surface area contributed by atoms with Crippen molar-refractivity contribution in [1.82, 2.24) is 15.0 Å². The number of aromatic amines is 1. The molecule has 0 atom stereocenters. The number of hydrogen-bond acceptors (Lipinski definition) is 3. The molecule has 66 valence electrons. The van der Waals surface area contributed by atoms with Gasteiger partial charge in [0.05, 0.1) is 11.8 Å². The number of H-pyrrole nitrogens is 1. The van der Waals surface area contributed by atoms with E-state index in [2.05, 4.69) is 15.0 Å². The highest BCUT2D eigenvalue weighted by Crippen LogP contribution is 2.12. The molecule has 0 aliphatic carbocycles. The summed E-state index contributed by atoms with van der Waals surface area (Å²) in [7, 11) is 0. The van der Waals surface area contributed by atoms with E-state index in [-0.39, 0.29) is 5.78 Å². The molecule has 0 saturated heterocycles. The number of fused-ring (bicyclic) bond motifs is 1. The van der Waals surface area contributed by atoms with Crippen molar-refractivity contribution in [3.63, 3.8) is 0 Å². The molecule has 2 heterocycles. The highest BCUT2D eigenvalue weighted by Gasteiger charge is 2.05. The Morgan fingerprint density at radius 1 is 1.54 bits per heavy atom. The topological polar surface area (TPSA) is 58.6 Å². The van der Waals surface area contributed by atoms with Crippen LogP contribution in [0, 0.1) is 0 Å². The SMILES string of the molecule is CC(=O)Cc1ccnc2nc[nH]c12. The zero-order valence-electron chi connectivity index (χ0n) is 7.24. The summed E-state index contributed by atoms with van der Waals surface area (Å²) >= 11 is 0. The smallest absolute Gasteiger partial charge is 0.177 e. The van der Waals surface area contributed by atoms with Gasteiger partial charge in [-0.05, 0) is 18.6 Å². The summed E-state index contributed by atoms with van der Waals surface area (Å²) in [5, 5.41) is 0. The van der Waals surface area contributed by atoms with Gasteiger partial charge in [0.25, 0.3) is 0 Å². The molecule has 0 aliphatic rings. The van der Waals surface area contributed by atoms with Crippen molar-refractivity contribution in [1.29, 1.82) is 0 Å². The molecule has 2 aromatic heterocycles. The third kappa shape index (κ3) is 1.42. The van der Waals surface area contributed by atoms with E-state index in [1.54, 1.807) is 19.4 Å². The number of pyridine rings is 1. The lowest BCUT2D eigenvalue weighted by atomic mass is 10.1. The Kier molecular flexibility index (Phi) is 1.81. The maximum Gasteiger partial charge on any atom is 0.177 e. The number of carbonyl (C=O) groups is 1. The second kappa shape index (κ2) is 2.97. The molecule has 0 unspecified atom stereocenters. The Morgan fingerprint density at radius 2 is 2.38 bits per heavy atom. The lowest BCUT2D eigenvalue weighted by Crippen LogP contribution is -1.97. The Labute approximate surface area is 75.0 Å². The number of nitrogens with zero attached hydrogens (tertiary/aromatic N) is 2. The molecule has 0 spiro atoms. The van der Waals surface area contributed by atoms with E-state index in [0.717, 1.165) is 11.1 Å². The summed E-state index contributed by atoms with van der Waals surface area (Å²) in [6.07, 6.45) is 3.68. The molecule has 13 heavy (non-hydrogen) atoms. The van der Waals surface area contributed by atoms with Crippen molar-refractivity contribution in [2.45, 2.75) is 13.3 Å².